The molecule has 0 radical (unpaired) electrons. The van der Waals surface area contributed by atoms with Gasteiger partial charge in [0.15, 0.2) is 0 Å². The van der Waals surface area contributed by atoms with Crippen LogP contribution in [0.2, 0.25) is 0 Å². The van der Waals surface area contributed by atoms with Gasteiger partial charge in [0.05, 0.1) is 17.1 Å². The normalized spacial score (nSPS) is 11.4. The largest absolute Gasteiger partial charge is 0.443 e. The molecule has 3 aromatic heterocycles. The fourth-order valence-corrected chi connectivity index (χ4v) is 2.87. The summed E-state index contributed by atoms with van der Waals surface area (Å²) in [4.78, 5) is 14.8. The molecule has 0 aromatic carbocycles. The van der Waals surface area contributed by atoms with Gasteiger partial charge in [0, 0.05) is 17.7 Å². The maximum atomic E-state index is 5.55. The first-order valence-electron chi connectivity index (χ1n) is 8.14. The molecule has 0 saturated heterocycles. The first-order valence-corrected chi connectivity index (χ1v) is 9.02. The molecule has 126 valence electrons. The van der Waals surface area contributed by atoms with Crippen molar-refractivity contribution < 1.29 is 4.42 Å². The van der Waals surface area contributed by atoms with E-state index in [9.17, 15) is 0 Å². The second-order valence-electron chi connectivity index (χ2n) is 6.32. The Morgan fingerprint density at radius 2 is 1.96 bits per heavy atom. The van der Waals surface area contributed by atoms with Gasteiger partial charge in [0.25, 0.3) is 0 Å². The third-order valence-corrected chi connectivity index (χ3v) is 4.46. The number of thiophene rings is 1. The van der Waals surface area contributed by atoms with Crippen molar-refractivity contribution in [1.29, 1.82) is 0 Å². The summed E-state index contributed by atoms with van der Waals surface area (Å²) in [5.41, 5.74) is 1.91. The van der Waals surface area contributed by atoms with E-state index >= 15 is 0 Å². The number of nitrogens with one attached hydrogen (secondary N) is 1. The molecule has 1 N–H and O–H groups in total. The van der Waals surface area contributed by atoms with Crippen LogP contribution in [0, 0.1) is 0 Å². The van der Waals surface area contributed by atoms with Crippen LogP contribution < -0.4 is 5.32 Å². The number of hydrogen-bond donors (Lipinski definition) is 1. The zero-order valence-corrected chi connectivity index (χ0v) is 15.2. The van der Waals surface area contributed by atoms with Crippen LogP contribution in [0.3, 0.4) is 0 Å². The van der Waals surface area contributed by atoms with Crippen molar-refractivity contribution in [2.24, 2.45) is 0 Å². The van der Waals surface area contributed by atoms with E-state index < -0.39 is 0 Å². The summed E-state index contributed by atoms with van der Waals surface area (Å²) in [5, 5.41) is 5.35. The summed E-state index contributed by atoms with van der Waals surface area (Å²) in [6.45, 7) is 9.06. The zero-order chi connectivity index (χ0) is 17.1. The minimum Gasteiger partial charge on any atom is -0.443 e. The van der Waals surface area contributed by atoms with E-state index in [1.165, 1.54) is 0 Å². The molecule has 0 unspecified atom stereocenters. The molecular formula is C18H22N4OS. The lowest BCUT2D eigenvalue weighted by Crippen LogP contribution is -2.08. The van der Waals surface area contributed by atoms with Gasteiger partial charge in [-0.25, -0.2) is 15.0 Å². The predicted molar refractivity (Wildman–Crippen MR) is 97.4 cm³/mol. The molecule has 5 nitrogen and oxygen atoms in total. The summed E-state index contributed by atoms with van der Waals surface area (Å²) in [7, 11) is 0. The lowest BCUT2D eigenvalue weighted by Gasteiger charge is -2.12. The van der Waals surface area contributed by atoms with E-state index in [1.807, 2.05) is 23.6 Å². The lowest BCUT2D eigenvalue weighted by atomic mass is 10.1. The van der Waals surface area contributed by atoms with Crippen molar-refractivity contribution in [1.82, 2.24) is 15.0 Å². The van der Waals surface area contributed by atoms with E-state index in [2.05, 4.69) is 48.0 Å². The van der Waals surface area contributed by atoms with Gasteiger partial charge in [-0.1, -0.05) is 33.8 Å². The van der Waals surface area contributed by atoms with Crippen molar-refractivity contribution in [2.45, 2.75) is 46.1 Å². The minimum atomic E-state index is 0.293. The second kappa shape index (κ2) is 7.13. The number of rotatable bonds is 6. The lowest BCUT2D eigenvalue weighted by molar-refractivity contribution is 0.574. The van der Waals surface area contributed by atoms with Crippen molar-refractivity contribution >= 4 is 17.2 Å². The van der Waals surface area contributed by atoms with E-state index in [-0.39, 0.29) is 0 Å². The topological polar surface area (TPSA) is 63.8 Å². The molecule has 0 aliphatic rings. The molecular weight excluding hydrogens is 320 g/mol. The van der Waals surface area contributed by atoms with Crippen LogP contribution in [0.4, 0.5) is 5.82 Å². The molecule has 0 aliphatic heterocycles. The first kappa shape index (κ1) is 16.6. The Labute approximate surface area is 146 Å². The summed E-state index contributed by atoms with van der Waals surface area (Å²) >= 11 is 1.62. The molecule has 0 fully saturated rings. The smallest absolute Gasteiger partial charge is 0.236 e. The highest BCUT2D eigenvalue weighted by Gasteiger charge is 2.12. The Balaban J connectivity index is 1.74. The molecule has 0 saturated carbocycles. The average Bonchev–Trinajstić information content (AvgIpc) is 3.23. The maximum absolute atomic E-state index is 5.55. The van der Waals surface area contributed by atoms with Crippen LogP contribution in [0.1, 0.15) is 56.7 Å². The predicted octanol–water partition coefficient (Wildman–Crippen LogP) is 5.05. The van der Waals surface area contributed by atoms with Crippen LogP contribution in [-0.2, 0) is 6.54 Å². The van der Waals surface area contributed by atoms with Crippen LogP contribution in [0.15, 0.2) is 34.3 Å². The molecule has 3 rings (SSSR count). The Bertz CT molecular complexity index is 767. The third-order valence-electron chi connectivity index (χ3n) is 3.61. The number of nitrogens with zero attached hydrogens (tertiary/aromatic N) is 3. The van der Waals surface area contributed by atoms with Gasteiger partial charge in [-0.3, -0.25) is 0 Å². The summed E-state index contributed by atoms with van der Waals surface area (Å²) in [6, 6.07) is 6.00. The Morgan fingerprint density at radius 1 is 1.12 bits per heavy atom. The molecule has 0 aliphatic carbocycles. The molecule has 3 heterocycles. The van der Waals surface area contributed by atoms with E-state index in [0.29, 0.717) is 24.3 Å². The van der Waals surface area contributed by atoms with Crippen molar-refractivity contribution in [3.8, 4) is 10.8 Å². The van der Waals surface area contributed by atoms with Crippen molar-refractivity contribution in [3.05, 3.63) is 47.1 Å². The van der Waals surface area contributed by atoms with Crippen LogP contribution >= 0.6 is 11.3 Å². The SMILES string of the molecule is CC(C)c1cc(NCc2coc(-c3cccs3)n2)nc(C(C)C)n1. The molecule has 24 heavy (non-hydrogen) atoms. The summed E-state index contributed by atoms with van der Waals surface area (Å²) < 4.78 is 5.55. The Kier molecular flexibility index (Phi) is 4.94. The zero-order valence-electron chi connectivity index (χ0n) is 14.4. The van der Waals surface area contributed by atoms with Crippen molar-refractivity contribution in [2.75, 3.05) is 5.32 Å². The fourth-order valence-electron chi connectivity index (χ4n) is 2.21. The van der Waals surface area contributed by atoms with Gasteiger partial charge in [0.1, 0.15) is 17.9 Å². The van der Waals surface area contributed by atoms with E-state index in [4.69, 9.17) is 4.42 Å². The highest BCUT2D eigenvalue weighted by atomic mass is 32.1. The number of oxazole rings is 1. The molecule has 0 spiro atoms. The quantitative estimate of drug-likeness (QED) is 0.679. The van der Waals surface area contributed by atoms with Crippen LogP contribution in [0.5, 0.6) is 0 Å². The van der Waals surface area contributed by atoms with Crippen LogP contribution in [-0.4, -0.2) is 15.0 Å². The molecule has 0 atom stereocenters. The maximum Gasteiger partial charge on any atom is 0.236 e. The highest BCUT2D eigenvalue weighted by molar-refractivity contribution is 7.13. The van der Waals surface area contributed by atoms with E-state index in [0.717, 1.165) is 27.9 Å². The third kappa shape index (κ3) is 3.82. The van der Waals surface area contributed by atoms with Gasteiger partial charge in [-0.15, -0.1) is 11.3 Å². The Morgan fingerprint density at radius 3 is 2.62 bits per heavy atom. The van der Waals surface area contributed by atoms with E-state index in [1.54, 1.807) is 17.6 Å². The number of aromatic nitrogens is 3. The Hall–Kier alpha value is -2.21. The van der Waals surface area contributed by atoms with Gasteiger partial charge in [-0.2, -0.15) is 0 Å². The number of hydrogen-bond acceptors (Lipinski definition) is 6. The number of anilines is 1. The van der Waals surface area contributed by atoms with Gasteiger partial charge >= 0.3 is 0 Å². The standard InChI is InChI=1S/C18H22N4OS/c1-11(2)14-8-16(22-17(21-14)12(3)4)19-9-13-10-23-18(20-13)15-6-5-7-24-15/h5-8,10-12H,9H2,1-4H3,(H,19,21,22). The molecule has 0 bridgehead atoms. The summed E-state index contributed by atoms with van der Waals surface area (Å²) in [6.07, 6.45) is 1.69. The minimum absolute atomic E-state index is 0.293. The average molecular weight is 342 g/mol. The molecule has 3 aromatic rings. The molecule has 0 amide bonds. The fraction of sp³-hybridized carbons (Fsp3) is 0.389. The van der Waals surface area contributed by atoms with Gasteiger partial charge < -0.3 is 9.73 Å². The van der Waals surface area contributed by atoms with Crippen molar-refractivity contribution in [3.63, 3.8) is 0 Å². The summed E-state index contributed by atoms with van der Waals surface area (Å²) in [5.74, 6) is 3.02. The first-order chi connectivity index (χ1) is 11.5. The van der Waals surface area contributed by atoms with Gasteiger partial charge in [0.2, 0.25) is 5.89 Å². The van der Waals surface area contributed by atoms with Crippen LogP contribution in [0.25, 0.3) is 10.8 Å². The second-order valence-corrected chi connectivity index (χ2v) is 7.27. The molecule has 6 heteroatoms. The highest BCUT2D eigenvalue weighted by Crippen LogP contribution is 2.24. The van der Waals surface area contributed by atoms with Gasteiger partial charge in [-0.05, 0) is 17.4 Å². The monoisotopic (exact) mass is 342 g/mol.